The molecule has 0 aromatic heterocycles. The third-order valence-corrected chi connectivity index (χ3v) is 5.61. The van der Waals surface area contributed by atoms with Gasteiger partial charge < -0.3 is 9.47 Å². The molecule has 0 aromatic rings. The number of carbonyl (C=O) groups is 1. The molecule has 0 radical (unpaired) electrons. The minimum atomic E-state index is -0.627. The van der Waals surface area contributed by atoms with Crippen LogP contribution in [0, 0.1) is 0 Å². The van der Waals surface area contributed by atoms with Gasteiger partial charge in [0.1, 0.15) is 1.93 Å². The van der Waals surface area contributed by atoms with Gasteiger partial charge in [0.05, 0.1) is 7.11 Å². The highest BCUT2D eigenvalue weighted by atomic mass is 127. The van der Waals surface area contributed by atoms with Crippen molar-refractivity contribution < 1.29 is 14.3 Å². The molecule has 6 heteroatoms. The fraction of sp³-hybridized carbons (Fsp3) is 0.750. The van der Waals surface area contributed by atoms with E-state index in [0.29, 0.717) is 0 Å². The van der Waals surface area contributed by atoms with Crippen LogP contribution in [0.25, 0.3) is 0 Å². The molecule has 0 saturated carbocycles. The zero-order valence-electron chi connectivity index (χ0n) is 5.01. The SMILES string of the molecule is COC(=O)OC(I)C(I)I. The average Bonchev–Trinajstić information content (AvgIpc) is 1.87. The summed E-state index contributed by atoms with van der Waals surface area (Å²) in [5.74, 6) is 0. The molecule has 0 rings (SSSR count). The van der Waals surface area contributed by atoms with E-state index >= 15 is 0 Å². The van der Waals surface area contributed by atoms with Crippen molar-refractivity contribution in [2.45, 2.75) is 6.04 Å². The molecule has 10 heavy (non-hydrogen) atoms. The first-order valence-electron chi connectivity index (χ1n) is 2.24. The van der Waals surface area contributed by atoms with Gasteiger partial charge in [0.15, 0.2) is 4.11 Å². The summed E-state index contributed by atoms with van der Waals surface area (Å²) in [6, 6.07) is 0. The van der Waals surface area contributed by atoms with E-state index in [4.69, 9.17) is 4.74 Å². The molecule has 0 fully saturated rings. The van der Waals surface area contributed by atoms with Crippen LogP contribution >= 0.6 is 67.8 Å². The monoisotopic (exact) mass is 482 g/mol. The van der Waals surface area contributed by atoms with Crippen LogP contribution in [0.5, 0.6) is 0 Å². The second kappa shape index (κ2) is 6.03. The Morgan fingerprint density at radius 3 is 2.20 bits per heavy atom. The first-order chi connectivity index (χ1) is 4.57. The number of methoxy groups -OCH3 is 1. The van der Waals surface area contributed by atoms with Gasteiger partial charge in [-0.05, 0) is 22.6 Å². The molecular weight excluding hydrogens is 477 g/mol. The summed E-state index contributed by atoms with van der Waals surface area (Å²) < 4.78 is 9.20. The molecule has 3 nitrogen and oxygen atoms in total. The van der Waals surface area contributed by atoms with Crippen molar-refractivity contribution in [1.29, 1.82) is 0 Å². The zero-order valence-corrected chi connectivity index (χ0v) is 11.5. The van der Waals surface area contributed by atoms with Crippen LogP contribution in [0.4, 0.5) is 4.79 Å². The maximum atomic E-state index is 10.5. The fourth-order valence-electron chi connectivity index (χ4n) is 0.191. The molecule has 0 amide bonds. The van der Waals surface area contributed by atoms with E-state index in [2.05, 4.69) is 49.9 Å². The molecule has 0 aliphatic carbocycles. The molecule has 60 valence electrons. The summed E-state index contributed by atoms with van der Waals surface area (Å²) in [7, 11) is 1.29. The fourth-order valence-corrected chi connectivity index (χ4v) is 0.693. The molecule has 0 bridgehead atoms. The minimum absolute atomic E-state index is 0.133. The number of hydrogen-bond donors (Lipinski definition) is 0. The van der Waals surface area contributed by atoms with Crippen LogP contribution in [-0.2, 0) is 9.47 Å². The lowest BCUT2D eigenvalue weighted by atomic mass is 10.9. The van der Waals surface area contributed by atoms with Gasteiger partial charge in [-0.1, -0.05) is 45.2 Å². The molecule has 0 heterocycles. The molecule has 1 atom stereocenters. The molecule has 0 saturated heterocycles. The average molecular weight is 482 g/mol. The van der Waals surface area contributed by atoms with Crippen molar-refractivity contribution >= 4 is 73.9 Å². The van der Waals surface area contributed by atoms with Crippen molar-refractivity contribution in [3.63, 3.8) is 0 Å². The van der Waals surface area contributed by atoms with Gasteiger partial charge in [0.25, 0.3) is 0 Å². The van der Waals surface area contributed by atoms with Gasteiger partial charge in [-0.3, -0.25) is 0 Å². The Bertz CT molecular complexity index is 116. The lowest BCUT2D eigenvalue weighted by molar-refractivity contribution is 0.0731. The van der Waals surface area contributed by atoms with Crippen LogP contribution in [0.1, 0.15) is 0 Å². The van der Waals surface area contributed by atoms with Gasteiger partial charge in [-0.2, -0.15) is 0 Å². The summed E-state index contributed by atoms with van der Waals surface area (Å²) in [4.78, 5) is 10.5. The van der Waals surface area contributed by atoms with E-state index in [1.54, 1.807) is 0 Å². The number of halogens is 3. The highest BCUT2D eigenvalue weighted by molar-refractivity contribution is 14.2. The van der Waals surface area contributed by atoms with Gasteiger partial charge in [0, 0.05) is 0 Å². The van der Waals surface area contributed by atoms with Crippen LogP contribution in [0.15, 0.2) is 0 Å². The largest absolute Gasteiger partial charge is 0.509 e. The first kappa shape index (κ1) is 11.5. The van der Waals surface area contributed by atoms with E-state index in [9.17, 15) is 4.79 Å². The molecule has 0 spiro atoms. The van der Waals surface area contributed by atoms with Crippen LogP contribution in [0.3, 0.4) is 0 Å². The van der Waals surface area contributed by atoms with Crippen molar-refractivity contribution in [1.82, 2.24) is 0 Å². The van der Waals surface area contributed by atoms with Crippen molar-refractivity contribution in [2.24, 2.45) is 0 Å². The summed E-state index contributed by atoms with van der Waals surface area (Å²) in [6.45, 7) is 0. The summed E-state index contributed by atoms with van der Waals surface area (Å²) in [6.07, 6.45) is -0.627. The van der Waals surface area contributed by atoms with Crippen LogP contribution in [-0.4, -0.2) is 19.3 Å². The quantitative estimate of drug-likeness (QED) is 0.346. The number of ether oxygens (including phenoxy) is 2. The number of alkyl halides is 3. The number of carbonyl (C=O) groups excluding carboxylic acids is 1. The molecular formula is C4H5I3O3. The van der Waals surface area contributed by atoms with Gasteiger partial charge in [0.2, 0.25) is 0 Å². The van der Waals surface area contributed by atoms with E-state index in [1.165, 1.54) is 7.11 Å². The molecule has 1 unspecified atom stereocenters. The first-order valence-corrected chi connectivity index (χ1v) is 5.98. The van der Waals surface area contributed by atoms with Crippen molar-refractivity contribution in [3.05, 3.63) is 0 Å². The normalized spacial score (nSPS) is 12.9. The Kier molecular flexibility index (Phi) is 6.91. The third kappa shape index (κ3) is 5.16. The van der Waals surface area contributed by atoms with Gasteiger partial charge >= 0.3 is 6.16 Å². The summed E-state index contributed by atoms with van der Waals surface area (Å²) in [5, 5.41) is 0. The topological polar surface area (TPSA) is 35.5 Å². The van der Waals surface area contributed by atoms with E-state index < -0.39 is 6.16 Å². The van der Waals surface area contributed by atoms with Crippen molar-refractivity contribution in [2.75, 3.05) is 7.11 Å². The third-order valence-electron chi connectivity index (χ3n) is 0.574. The number of hydrogen-bond acceptors (Lipinski definition) is 3. The van der Waals surface area contributed by atoms with E-state index in [-0.39, 0.29) is 6.04 Å². The molecule has 0 N–H and O–H groups in total. The highest BCUT2D eigenvalue weighted by Crippen LogP contribution is 2.22. The highest BCUT2D eigenvalue weighted by Gasteiger charge is 2.16. The molecule has 0 aliphatic heterocycles. The minimum Gasteiger partial charge on any atom is -0.438 e. The number of rotatable bonds is 2. The lowest BCUT2D eigenvalue weighted by Gasteiger charge is -2.10. The van der Waals surface area contributed by atoms with Crippen molar-refractivity contribution in [3.8, 4) is 0 Å². The summed E-state index contributed by atoms with van der Waals surface area (Å²) in [5.41, 5.74) is 0. The van der Waals surface area contributed by atoms with Crippen LogP contribution < -0.4 is 0 Å². The Balaban J connectivity index is 3.57. The zero-order chi connectivity index (χ0) is 8.15. The Labute approximate surface area is 100 Å². The maximum absolute atomic E-state index is 10.5. The summed E-state index contributed by atoms with van der Waals surface area (Å²) >= 11 is 6.36. The molecule has 0 aliphatic rings. The maximum Gasteiger partial charge on any atom is 0.509 e. The predicted octanol–water partition coefficient (Wildman–Crippen LogP) is 2.73. The Hall–Kier alpha value is 1.46. The van der Waals surface area contributed by atoms with Crippen LogP contribution in [0.2, 0.25) is 0 Å². The second-order valence-electron chi connectivity index (χ2n) is 1.26. The Morgan fingerprint density at radius 1 is 1.40 bits per heavy atom. The Morgan fingerprint density at radius 2 is 1.90 bits per heavy atom. The lowest BCUT2D eigenvalue weighted by Crippen LogP contribution is -2.16. The standard InChI is InChI=1S/C4H5I3O3/c1-9-4(8)10-3(7)2(5)6/h2-3H,1H3. The van der Waals surface area contributed by atoms with E-state index in [1.807, 2.05) is 22.6 Å². The van der Waals surface area contributed by atoms with Gasteiger partial charge in [-0.25, -0.2) is 4.79 Å². The second-order valence-corrected chi connectivity index (χ2v) is 7.55. The van der Waals surface area contributed by atoms with Gasteiger partial charge in [-0.15, -0.1) is 0 Å². The molecule has 0 aromatic carbocycles. The predicted molar refractivity (Wildman–Crippen MR) is 63.1 cm³/mol. The smallest absolute Gasteiger partial charge is 0.438 e. The van der Waals surface area contributed by atoms with E-state index in [0.717, 1.165) is 0 Å².